The molecule has 0 saturated carbocycles. The third-order valence-electron chi connectivity index (χ3n) is 5.24. The predicted octanol–water partition coefficient (Wildman–Crippen LogP) is 3.77. The van der Waals surface area contributed by atoms with Gasteiger partial charge >= 0.3 is 6.03 Å². The molecule has 2 N–H and O–H groups in total. The van der Waals surface area contributed by atoms with E-state index in [1.807, 2.05) is 67.8 Å². The van der Waals surface area contributed by atoms with Crippen molar-refractivity contribution >= 4 is 33.5 Å². The largest absolute Gasteiger partial charge is 0.334 e. The molecule has 2 heterocycles. The third-order valence-corrected chi connectivity index (χ3v) is 6.13. The van der Waals surface area contributed by atoms with Crippen LogP contribution in [0.4, 0.5) is 4.79 Å². The number of amides is 3. The second-order valence-electron chi connectivity index (χ2n) is 7.52. The SMILES string of the molecule is Cc1ccc(-c2csc3ncn(CC(=O)NC(=O)NCc4ccccc4)c(=O)c23)cc1C. The molecular formula is C24H22N4O3S. The van der Waals surface area contributed by atoms with E-state index in [-0.39, 0.29) is 12.1 Å². The van der Waals surface area contributed by atoms with Crippen LogP contribution in [0.2, 0.25) is 0 Å². The first-order valence-electron chi connectivity index (χ1n) is 10.1. The summed E-state index contributed by atoms with van der Waals surface area (Å²) < 4.78 is 1.22. The molecule has 3 amide bonds. The zero-order chi connectivity index (χ0) is 22.7. The zero-order valence-corrected chi connectivity index (χ0v) is 18.5. The van der Waals surface area contributed by atoms with E-state index in [4.69, 9.17) is 0 Å². The first-order valence-corrected chi connectivity index (χ1v) is 11.0. The van der Waals surface area contributed by atoms with Gasteiger partial charge in [-0.25, -0.2) is 9.78 Å². The van der Waals surface area contributed by atoms with Crippen molar-refractivity contribution in [1.29, 1.82) is 0 Å². The second-order valence-corrected chi connectivity index (χ2v) is 8.38. The van der Waals surface area contributed by atoms with Crippen LogP contribution in [0, 0.1) is 13.8 Å². The fourth-order valence-corrected chi connectivity index (χ4v) is 4.25. The smallest absolute Gasteiger partial charge is 0.321 e. The van der Waals surface area contributed by atoms with E-state index in [1.54, 1.807) is 0 Å². The van der Waals surface area contributed by atoms with Gasteiger partial charge in [-0.1, -0.05) is 48.5 Å². The minimum absolute atomic E-state index is 0.293. The summed E-state index contributed by atoms with van der Waals surface area (Å²) in [6.45, 7) is 4.05. The minimum Gasteiger partial charge on any atom is -0.334 e. The number of thiophene rings is 1. The van der Waals surface area contributed by atoms with Crippen LogP contribution in [-0.2, 0) is 17.9 Å². The Morgan fingerprint density at radius 2 is 1.84 bits per heavy atom. The van der Waals surface area contributed by atoms with E-state index in [0.29, 0.717) is 16.8 Å². The van der Waals surface area contributed by atoms with Gasteiger partial charge in [-0.15, -0.1) is 11.3 Å². The van der Waals surface area contributed by atoms with Crippen molar-refractivity contribution in [3.8, 4) is 11.1 Å². The van der Waals surface area contributed by atoms with Gasteiger partial charge in [0.05, 0.1) is 11.7 Å². The summed E-state index contributed by atoms with van der Waals surface area (Å²) in [6, 6.07) is 14.8. The summed E-state index contributed by atoms with van der Waals surface area (Å²) in [5, 5.41) is 7.26. The second kappa shape index (κ2) is 9.15. The highest BCUT2D eigenvalue weighted by Gasteiger charge is 2.16. The Morgan fingerprint density at radius 1 is 1.06 bits per heavy atom. The summed E-state index contributed by atoms with van der Waals surface area (Å²) >= 11 is 1.39. The third kappa shape index (κ3) is 4.60. The van der Waals surface area contributed by atoms with Crippen LogP contribution in [0.1, 0.15) is 16.7 Å². The molecule has 0 aliphatic rings. The maximum absolute atomic E-state index is 13.1. The summed E-state index contributed by atoms with van der Waals surface area (Å²) in [5.74, 6) is -0.596. The normalized spacial score (nSPS) is 10.8. The first kappa shape index (κ1) is 21.5. The van der Waals surface area contributed by atoms with Crippen LogP contribution < -0.4 is 16.2 Å². The zero-order valence-electron chi connectivity index (χ0n) is 17.7. The predicted molar refractivity (Wildman–Crippen MR) is 126 cm³/mol. The fourth-order valence-electron chi connectivity index (χ4n) is 3.34. The monoisotopic (exact) mass is 446 g/mol. The molecular weight excluding hydrogens is 424 g/mol. The number of carbonyl (C=O) groups excluding carboxylic acids is 2. The Bertz CT molecular complexity index is 1360. The van der Waals surface area contributed by atoms with Crippen LogP contribution >= 0.6 is 11.3 Å². The number of nitrogens with one attached hydrogen (secondary N) is 2. The lowest BCUT2D eigenvalue weighted by Crippen LogP contribution is -2.41. The number of rotatable bonds is 5. The Labute approximate surface area is 188 Å². The van der Waals surface area contributed by atoms with Crippen molar-refractivity contribution < 1.29 is 9.59 Å². The molecule has 0 atom stereocenters. The lowest BCUT2D eigenvalue weighted by atomic mass is 10.0. The van der Waals surface area contributed by atoms with Crippen molar-refractivity contribution in [3.63, 3.8) is 0 Å². The number of hydrogen-bond donors (Lipinski definition) is 2. The number of aryl methyl sites for hydroxylation is 2. The Balaban J connectivity index is 1.50. The molecule has 0 bridgehead atoms. The molecule has 0 aliphatic carbocycles. The molecule has 2 aromatic heterocycles. The molecule has 0 spiro atoms. The van der Waals surface area contributed by atoms with Crippen LogP contribution in [-0.4, -0.2) is 21.5 Å². The maximum Gasteiger partial charge on any atom is 0.321 e. The van der Waals surface area contributed by atoms with Gasteiger partial charge in [-0.05, 0) is 36.1 Å². The van der Waals surface area contributed by atoms with Gasteiger partial charge in [0.1, 0.15) is 11.4 Å². The van der Waals surface area contributed by atoms with E-state index in [2.05, 4.69) is 15.6 Å². The van der Waals surface area contributed by atoms with Gasteiger partial charge in [0.15, 0.2) is 0 Å². The highest BCUT2D eigenvalue weighted by atomic mass is 32.1. The van der Waals surface area contributed by atoms with Gasteiger partial charge in [0.25, 0.3) is 5.56 Å². The number of nitrogens with zero attached hydrogens (tertiary/aromatic N) is 2. The average Bonchev–Trinajstić information content (AvgIpc) is 3.22. The molecule has 4 rings (SSSR count). The summed E-state index contributed by atoms with van der Waals surface area (Å²) in [5.41, 5.74) is 4.63. The Kier molecular flexibility index (Phi) is 6.13. The number of aromatic nitrogens is 2. The van der Waals surface area contributed by atoms with Crippen LogP contribution in [0.5, 0.6) is 0 Å². The van der Waals surface area contributed by atoms with Gasteiger partial charge < -0.3 is 5.32 Å². The van der Waals surface area contributed by atoms with E-state index >= 15 is 0 Å². The van der Waals surface area contributed by atoms with Crippen molar-refractivity contribution in [3.05, 3.63) is 87.3 Å². The molecule has 0 fully saturated rings. The van der Waals surface area contributed by atoms with Gasteiger partial charge in [0, 0.05) is 17.5 Å². The molecule has 7 nitrogen and oxygen atoms in total. The topological polar surface area (TPSA) is 93.1 Å². The van der Waals surface area contributed by atoms with Crippen molar-refractivity contribution in [2.24, 2.45) is 0 Å². The summed E-state index contributed by atoms with van der Waals surface area (Å²) in [4.78, 5) is 42.4. The molecule has 162 valence electrons. The summed E-state index contributed by atoms with van der Waals surface area (Å²) in [7, 11) is 0. The molecule has 8 heteroatoms. The van der Waals surface area contributed by atoms with Gasteiger partial charge in [0.2, 0.25) is 5.91 Å². The van der Waals surface area contributed by atoms with Crippen LogP contribution in [0.3, 0.4) is 0 Å². The summed E-state index contributed by atoms with van der Waals surface area (Å²) in [6.07, 6.45) is 1.34. The number of fused-ring (bicyclic) bond motifs is 1. The number of urea groups is 1. The highest BCUT2D eigenvalue weighted by molar-refractivity contribution is 7.17. The van der Waals surface area contributed by atoms with E-state index < -0.39 is 11.9 Å². The van der Waals surface area contributed by atoms with Gasteiger partial charge in [-0.2, -0.15) is 0 Å². The standard InChI is InChI=1S/C24H22N4O3S/c1-15-8-9-18(10-16(15)2)19-13-32-22-21(19)23(30)28(14-26-22)12-20(29)27-24(31)25-11-17-6-4-3-5-7-17/h3-10,13-14H,11-12H2,1-2H3,(H2,25,27,29,31). The number of imide groups is 1. The van der Waals surface area contributed by atoms with E-state index in [0.717, 1.165) is 22.3 Å². The van der Waals surface area contributed by atoms with Crippen LogP contribution in [0.15, 0.2) is 65.0 Å². The molecule has 2 aromatic carbocycles. The first-order chi connectivity index (χ1) is 15.4. The quantitative estimate of drug-likeness (QED) is 0.488. The average molecular weight is 447 g/mol. The van der Waals surface area contributed by atoms with Crippen molar-refractivity contribution in [1.82, 2.24) is 20.2 Å². The lowest BCUT2D eigenvalue weighted by molar-refractivity contribution is -0.120. The molecule has 32 heavy (non-hydrogen) atoms. The lowest BCUT2D eigenvalue weighted by Gasteiger charge is -2.09. The number of benzene rings is 2. The Morgan fingerprint density at radius 3 is 2.59 bits per heavy atom. The molecule has 0 saturated heterocycles. The molecule has 4 aromatic rings. The van der Waals surface area contributed by atoms with E-state index in [9.17, 15) is 14.4 Å². The number of hydrogen-bond acceptors (Lipinski definition) is 5. The van der Waals surface area contributed by atoms with Crippen molar-refractivity contribution in [2.75, 3.05) is 0 Å². The van der Waals surface area contributed by atoms with E-state index in [1.165, 1.54) is 27.8 Å². The minimum atomic E-state index is -0.618. The van der Waals surface area contributed by atoms with Crippen LogP contribution in [0.25, 0.3) is 21.3 Å². The van der Waals surface area contributed by atoms with Crippen molar-refractivity contribution in [2.45, 2.75) is 26.9 Å². The fraction of sp³-hybridized carbons (Fsp3) is 0.167. The number of carbonyl (C=O) groups is 2. The van der Waals surface area contributed by atoms with Gasteiger partial charge in [-0.3, -0.25) is 19.5 Å². The molecule has 0 radical (unpaired) electrons. The maximum atomic E-state index is 13.1. The molecule has 0 aliphatic heterocycles. The highest BCUT2D eigenvalue weighted by Crippen LogP contribution is 2.31. The molecule has 0 unspecified atom stereocenters. The Hall–Kier alpha value is -3.78.